The Morgan fingerprint density at radius 2 is 2.00 bits per heavy atom. The minimum atomic E-state index is -1.12. The molecule has 1 unspecified atom stereocenters. The van der Waals surface area contributed by atoms with Gasteiger partial charge in [-0.1, -0.05) is 0 Å². The van der Waals surface area contributed by atoms with Gasteiger partial charge in [-0.15, -0.1) is 0 Å². The van der Waals surface area contributed by atoms with Gasteiger partial charge in [0.1, 0.15) is 6.04 Å². The molecule has 0 radical (unpaired) electrons. The molecule has 1 atom stereocenters. The van der Waals surface area contributed by atoms with E-state index in [1.165, 1.54) is 14.2 Å². The van der Waals surface area contributed by atoms with Gasteiger partial charge in [-0.05, 0) is 24.6 Å². The third-order valence-electron chi connectivity index (χ3n) is 2.25. The van der Waals surface area contributed by atoms with Crippen LogP contribution in [0.2, 0.25) is 0 Å². The third-order valence-corrected chi connectivity index (χ3v) is 2.25. The van der Waals surface area contributed by atoms with Gasteiger partial charge in [-0.25, -0.2) is 0 Å². The number of aryl methyl sites for hydroxylation is 1. The van der Waals surface area contributed by atoms with Gasteiger partial charge in [0.25, 0.3) is 0 Å². The maximum atomic E-state index is 10.9. The van der Waals surface area contributed by atoms with E-state index in [4.69, 9.17) is 20.3 Å². The minimum absolute atomic E-state index is 0.364. The highest BCUT2D eigenvalue weighted by molar-refractivity contribution is 5.77. The van der Waals surface area contributed by atoms with Crippen LogP contribution in [0, 0.1) is 6.92 Å². The van der Waals surface area contributed by atoms with E-state index in [1.54, 1.807) is 12.1 Å². The summed E-state index contributed by atoms with van der Waals surface area (Å²) in [6, 6.07) is 2.32. The molecule has 5 nitrogen and oxygen atoms in total. The van der Waals surface area contributed by atoms with Crippen molar-refractivity contribution < 1.29 is 19.4 Å². The molecule has 0 saturated carbocycles. The van der Waals surface area contributed by atoms with Crippen LogP contribution < -0.4 is 15.2 Å². The molecule has 0 heterocycles. The van der Waals surface area contributed by atoms with Crippen LogP contribution in [0.25, 0.3) is 0 Å². The number of carboxylic acid groups (broad SMARTS) is 1. The van der Waals surface area contributed by atoms with Crippen LogP contribution in [0.3, 0.4) is 0 Å². The van der Waals surface area contributed by atoms with Crippen molar-refractivity contribution in [3.8, 4) is 11.5 Å². The predicted octanol–water partition coefficient (Wildman–Crippen LogP) is 1.10. The van der Waals surface area contributed by atoms with Crippen molar-refractivity contribution in [2.45, 2.75) is 13.0 Å². The fourth-order valence-electron chi connectivity index (χ4n) is 1.50. The molecular weight excluding hydrogens is 210 g/mol. The SMILES string of the molecule is COc1cc(C)cc(C(N)C(=O)O)c1OC. The van der Waals surface area contributed by atoms with Crippen molar-refractivity contribution in [3.05, 3.63) is 23.3 Å². The molecule has 5 heteroatoms. The number of methoxy groups -OCH3 is 2. The molecule has 0 aliphatic rings. The van der Waals surface area contributed by atoms with Crippen molar-refractivity contribution in [2.24, 2.45) is 5.73 Å². The van der Waals surface area contributed by atoms with Crippen LogP contribution >= 0.6 is 0 Å². The van der Waals surface area contributed by atoms with Crippen molar-refractivity contribution >= 4 is 5.97 Å². The lowest BCUT2D eigenvalue weighted by Crippen LogP contribution is -2.21. The van der Waals surface area contributed by atoms with E-state index < -0.39 is 12.0 Å². The molecule has 0 saturated heterocycles. The normalized spacial score (nSPS) is 12.0. The smallest absolute Gasteiger partial charge is 0.325 e. The zero-order valence-corrected chi connectivity index (χ0v) is 9.48. The van der Waals surface area contributed by atoms with E-state index >= 15 is 0 Å². The fraction of sp³-hybridized carbons (Fsp3) is 0.364. The second-order valence-corrected chi connectivity index (χ2v) is 3.41. The zero-order valence-electron chi connectivity index (χ0n) is 9.48. The molecule has 1 aromatic carbocycles. The second-order valence-electron chi connectivity index (χ2n) is 3.41. The van der Waals surface area contributed by atoms with Crippen LogP contribution in [0.15, 0.2) is 12.1 Å². The number of rotatable bonds is 4. The van der Waals surface area contributed by atoms with Crippen LogP contribution in [0.5, 0.6) is 11.5 Å². The summed E-state index contributed by atoms with van der Waals surface area (Å²) in [5.74, 6) is -0.261. The molecule has 0 aliphatic carbocycles. The number of aliphatic carboxylic acids is 1. The Labute approximate surface area is 93.8 Å². The van der Waals surface area contributed by atoms with Gasteiger partial charge >= 0.3 is 5.97 Å². The summed E-state index contributed by atoms with van der Waals surface area (Å²) < 4.78 is 10.2. The van der Waals surface area contributed by atoms with Crippen LogP contribution in [0.1, 0.15) is 17.2 Å². The Hall–Kier alpha value is -1.75. The lowest BCUT2D eigenvalue weighted by Gasteiger charge is -2.16. The third kappa shape index (κ3) is 2.25. The average Bonchev–Trinajstić information content (AvgIpc) is 2.26. The number of carboxylic acids is 1. The maximum absolute atomic E-state index is 10.9. The fourth-order valence-corrected chi connectivity index (χ4v) is 1.50. The zero-order chi connectivity index (χ0) is 12.3. The largest absolute Gasteiger partial charge is 0.493 e. The summed E-state index contributed by atoms with van der Waals surface area (Å²) in [7, 11) is 2.94. The first-order chi connectivity index (χ1) is 7.51. The predicted molar refractivity (Wildman–Crippen MR) is 58.8 cm³/mol. The molecule has 0 aliphatic heterocycles. The Balaban J connectivity index is 3.35. The summed E-state index contributed by atoms with van der Waals surface area (Å²) in [5.41, 5.74) is 6.85. The number of benzene rings is 1. The van der Waals surface area contributed by atoms with Crippen LogP contribution in [-0.4, -0.2) is 25.3 Å². The van der Waals surface area contributed by atoms with Crippen molar-refractivity contribution in [1.29, 1.82) is 0 Å². The summed E-state index contributed by atoms with van der Waals surface area (Å²) >= 11 is 0. The van der Waals surface area contributed by atoms with Crippen molar-refractivity contribution in [1.82, 2.24) is 0 Å². The van der Waals surface area contributed by atoms with Crippen LogP contribution in [0.4, 0.5) is 0 Å². The van der Waals surface area contributed by atoms with E-state index in [1.807, 2.05) is 6.92 Å². The standard InChI is InChI=1S/C11H15NO4/c1-6-4-7(9(12)11(13)14)10(16-3)8(5-6)15-2/h4-5,9H,12H2,1-3H3,(H,13,14). The molecule has 0 spiro atoms. The molecule has 16 heavy (non-hydrogen) atoms. The van der Waals surface area contributed by atoms with E-state index in [0.717, 1.165) is 5.56 Å². The quantitative estimate of drug-likeness (QED) is 0.801. The maximum Gasteiger partial charge on any atom is 0.325 e. The van der Waals surface area contributed by atoms with Gasteiger partial charge in [-0.3, -0.25) is 4.79 Å². The Bertz CT molecular complexity index is 403. The number of ether oxygens (including phenoxy) is 2. The summed E-state index contributed by atoms with van der Waals surface area (Å²) in [6.45, 7) is 1.83. The molecule has 3 N–H and O–H groups in total. The van der Waals surface area contributed by atoms with Gasteiger partial charge in [0.15, 0.2) is 11.5 Å². The molecule has 88 valence electrons. The van der Waals surface area contributed by atoms with Gasteiger partial charge in [0.05, 0.1) is 14.2 Å². The van der Waals surface area contributed by atoms with Crippen LogP contribution in [-0.2, 0) is 4.79 Å². The highest BCUT2D eigenvalue weighted by Gasteiger charge is 2.22. The van der Waals surface area contributed by atoms with Crippen molar-refractivity contribution in [2.75, 3.05) is 14.2 Å². The Morgan fingerprint density at radius 3 is 2.44 bits per heavy atom. The molecular formula is C11H15NO4. The molecule has 0 amide bonds. The first-order valence-electron chi connectivity index (χ1n) is 4.72. The minimum Gasteiger partial charge on any atom is -0.493 e. The highest BCUT2D eigenvalue weighted by atomic mass is 16.5. The first kappa shape index (κ1) is 12.3. The van der Waals surface area contributed by atoms with Crippen molar-refractivity contribution in [3.63, 3.8) is 0 Å². The lowest BCUT2D eigenvalue weighted by atomic mass is 10.0. The van der Waals surface area contributed by atoms with E-state index in [0.29, 0.717) is 17.1 Å². The molecule has 1 aromatic rings. The summed E-state index contributed by atoms with van der Waals surface area (Å²) in [6.07, 6.45) is 0. The molecule has 1 rings (SSSR count). The highest BCUT2D eigenvalue weighted by Crippen LogP contribution is 2.35. The lowest BCUT2D eigenvalue weighted by molar-refractivity contribution is -0.138. The summed E-state index contributed by atoms with van der Waals surface area (Å²) in [5, 5.41) is 8.89. The van der Waals surface area contributed by atoms with E-state index in [2.05, 4.69) is 0 Å². The molecule has 0 bridgehead atoms. The van der Waals surface area contributed by atoms with Gasteiger partial charge < -0.3 is 20.3 Å². The second kappa shape index (κ2) is 4.85. The summed E-state index contributed by atoms with van der Waals surface area (Å²) in [4.78, 5) is 10.9. The number of carbonyl (C=O) groups is 1. The molecule has 0 aromatic heterocycles. The van der Waals surface area contributed by atoms with E-state index in [9.17, 15) is 4.79 Å². The number of hydrogen-bond acceptors (Lipinski definition) is 4. The van der Waals surface area contributed by atoms with E-state index in [-0.39, 0.29) is 0 Å². The Morgan fingerprint density at radius 1 is 1.38 bits per heavy atom. The van der Waals surface area contributed by atoms with Gasteiger partial charge in [-0.2, -0.15) is 0 Å². The number of nitrogens with two attached hydrogens (primary N) is 1. The van der Waals surface area contributed by atoms with Gasteiger partial charge in [0.2, 0.25) is 0 Å². The number of hydrogen-bond donors (Lipinski definition) is 2. The average molecular weight is 225 g/mol. The monoisotopic (exact) mass is 225 g/mol. The first-order valence-corrected chi connectivity index (χ1v) is 4.72. The Kier molecular flexibility index (Phi) is 3.73. The molecule has 0 fully saturated rings. The van der Waals surface area contributed by atoms with Gasteiger partial charge in [0, 0.05) is 5.56 Å². The topological polar surface area (TPSA) is 81.8 Å².